The van der Waals surface area contributed by atoms with E-state index in [1.165, 1.54) is 31.4 Å². The van der Waals surface area contributed by atoms with Gasteiger partial charge in [0.2, 0.25) is 0 Å². The number of aromatic nitrogens is 3. The standard InChI is InChI=1S/C15H18N4/c1-2-13(8-14(3-1)19-9-16-17-10-19)18-15(11-4-5-11)12-6-7-12/h1-3,8-12,15,18H,4-7H2. The quantitative estimate of drug-likeness (QED) is 0.892. The zero-order chi connectivity index (χ0) is 12.7. The van der Waals surface area contributed by atoms with Crippen LogP contribution in [-0.2, 0) is 0 Å². The van der Waals surface area contributed by atoms with Crippen LogP contribution in [0.25, 0.3) is 5.69 Å². The normalized spacial score (nSPS) is 18.8. The predicted molar refractivity (Wildman–Crippen MR) is 74.2 cm³/mol. The van der Waals surface area contributed by atoms with E-state index < -0.39 is 0 Å². The largest absolute Gasteiger partial charge is 0.382 e. The highest BCUT2D eigenvalue weighted by Crippen LogP contribution is 2.45. The van der Waals surface area contributed by atoms with Crippen LogP contribution < -0.4 is 5.32 Å². The number of rotatable bonds is 5. The first-order valence-corrected chi connectivity index (χ1v) is 7.12. The lowest BCUT2D eigenvalue weighted by molar-refractivity contribution is 0.568. The first-order valence-electron chi connectivity index (χ1n) is 7.12. The molecule has 4 rings (SSSR count). The fourth-order valence-electron chi connectivity index (χ4n) is 2.81. The van der Waals surface area contributed by atoms with Crippen molar-refractivity contribution in [1.29, 1.82) is 0 Å². The average molecular weight is 254 g/mol. The third-order valence-electron chi connectivity index (χ3n) is 4.16. The molecule has 98 valence electrons. The molecule has 2 saturated carbocycles. The van der Waals surface area contributed by atoms with Gasteiger partial charge >= 0.3 is 0 Å². The highest BCUT2D eigenvalue weighted by Gasteiger charge is 2.41. The molecule has 1 N–H and O–H groups in total. The molecule has 0 atom stereocenters. The van der Waals surface area contributed by atoms with E-state index in [2.05, 4.69) is 39.8 Å². The van der Waals surface area contributed by atoms with E-state index in [4.69, 9.17) is 0 Å². The van der Waals surface area contributed by atoms with Gasteiger partial charge in [-0.05, 0) is 55.7 Å². The Morgan fingerprint density at radius 1 is 1.05 bits per heavy atom. The lowest BCUT2D eigenvalue weighted by Gasteiger charge is -2.19. The summed E-state index contributed by atoms with van der Waals surface area (Å²) >= 11 is 0. The number of anilines is 1. The van der Waals surface area contributed by atoms with Crippen molar-refractivity contribution in [2.24, 2.45) is 11.8 Å². The predicted octanol–water partition coefficient (Wildman–Crippen LogP) is 2.87. The van der Waals surface area contributed by atoms with Gasteiger partial charge in [-0.15, -0.1) is 10.2 Å². The zero-order valence-corrected chi connectivity index (χ0v) is 10.9. The van der Waals surface area contributed by atoms with Crippen molar-refractivity contribution in [3.8, 4) is 5.69 Å². The fraction of sp³-hybridized carbons (Fsp3) is 0.467. The van der Waals surface area contributed by atoms with Crippen molar-refractivity contribution in [1.82, 2.24) is 14.8 Å². The van der Waals surface area contributed by atoms with Crippen LogP contribution in [0.1, 0.15) is 25.7 Å². The Labute approximate surface area is 112 Å². The van der Waals surface area contributed by atoms with Gasteiger partial charge in [0.25, 0.3) is 0 Å². The van der Waals surface area contributed by atoms with Crippen LogP contribution in [0.4, 0.5) is 5.69 Å². The van der Waals surface area contributed by atoms with Crippen molar-refractivity contribution in [3.05, 3.63) is 36.9 Å². The van der Waals surface area contributed by atoms with E-state index in [1.807, 2.05) is 4.57 Å². The monoisotopic (exact) mass is 254 g/mol. The Kier molecular flexibility index (Phi) is 2.53. The minimum absolute atomic E-state index is 0.691. The molecule has 4 heteroatoms. The van der Waals surface area contributed by atoms with Gasteiger partial charge in [-0.1, -0.05) is 6.07 Å². The molecule has 0 unspecified atom stereocenters. The first-order chi connectivity index (χ1) is 9.40. The van der Waals surface area contributed by atoms with Crippen molar-refractivity contribution in [3.63, 3.8) is 0 Å². The van der Waals surface area contributed by atoms with Crippen LogP contribution in [0, 0.1) is 11.8 Å². The molecule has 2 aromatic rings. The highest BCUT2D eigenvalue weighted by atomic mass is 15.2. The summed E-state index contributed by atoms with van der Waals surface area (Å²) in [6.07, 6.45) is 9.08. The van der Waals surface area contributed by atoms with Crippen molar-refractivity contribution < 1.29 is 0 Å². The summed E-state index contributed by atoms with van der Waals surface area (Å²) < 4.78 is 1.94. The molecule has 0 bridgehead atoms. The molecule has 4 nitrogen and oxygen atoms in total. The van der Waals surface area contributed by atoms with Crippen LogP contribution in [0.3, 0.4) is 0 Å². The third kappa shape index (κ3) is 2.35. The molecule has 1 heterocycles. The lowest BCUT2D eigenvalue weighted by atomic mass is 10.1. The summed E-state index contributed by atoms with van der Waals surface area (Å²) in [5.41, 5.74) is 2.33. The molecule has 19 heavy (non-hydrogen) atoms. The number of nitrogens with zero attached hydrogens (tertiary/aromatic N) is 3. The van der Waals surface area contributed by atoms with Gasteiger partial charge < -0.3 is 5.32 Å². The molecule has 2 fully saturated rings. The summed E-state index contributed by atoms with van der Waals surface area (Å²) in [7, 11) is 0. The Hall–Kier alpha value is -1.84. The van der Waals surface area contributed by atoms with Gasteiger partial charge in [0.1, 0.15) is 12.7 Å². The van der Waals surface area contributed by atoms with E-state index in [0.717, 1.165) is 17.5 Å². The Bertz CT molecular complexity index is 543. The Balaban J connectivity index is 1.55. The van der Waals surface area contributed by atoms with E-state index in [1.54, 1.807) is 12.7 Å². The Morgan fingerprint density at radius 2 is 1.74 bits per heavy atom. The van der Waals surface area contributed by atoms with Crippen molar-refractivity contribution >= 4 is 5.69 Å². The average Bonchev–Trinajstić information content (AvgIpc) is 3.36. The summed E-state index contributed by atoms with van der Waals surface area (Å²) in [5, 5.41) is 11.5. The molecule has 1 aromatic heterocycles. The van der Waals surface area contributed by atoms with E-state index in [9.17, 15) is 0 Å². The van der Waals surface area contributed by atoms with E-state index in [0.29, 0.717) is 6.04 Å². The van der Waals surface area contributed by atoms with Gasteiger partial charge in [0.15, 0.2) is 0 Å². The number of hydrogen-bond acceptors (Lipinski definition) is 3. The molecule has 2 aliphatic rings. The Morgan fingerprint density at radius 3 is 2.37 bits per heavy atom. The summed E-state index contributed by atoms with van der Waals surface area (Å²) in [5.74, 6) is 1.82. The maximum absolute atomic E-state index is 3.86. The minimum atomic E-state index is 0.691. The van der Waals surface area contributed by atoms with Crippen molar-refractivity contribution in [2.75, 3.05) is 5.32 Å². The number of nitrogens with one attached hydrogen (secondary N) is 1. The smallest absolute Gasteiger partial charge is 0.123 e. The van der Waals surface area contributed by atoms with Crippen LogP contribution in [-0.4, -0.2) is 20.8 Å². The van der Waals surface area contributed by atoms with Gasteiger partial charge in [0.05, 0.1) is 5.69 Å². The molecule has 0 saturated heterocycles. The maximum Gasteiger partial charge on any atom is 0.123 e. The zero-order valence-electron chi connectivity index (χ0n) is 10.9. The topological polar surface area (TPSA) is 42.7 Å². The van der Waals surface area contributed by atoms with Crippen LogP contribution >= 0.6 is 0 Å². The number of hydrogen-bond donors (Lipinski definition) is 1. The van der Waals surface area contributed by atoms with Crippen molar-refractivity contribution in [2.45, 2.75) is 31.7 Å². The third-order valence-corrected chi connectivity index (χ3v) is 4.16. The molecule has 0 aliphatic heterocycles. The molecule has 1 aromatic carbocycles. The lowest BCUT2D eigenvalue weighted by Crippen LogP contribution is -2.24. The molecule has 2 aliphatic carbocycles. The van der Waals surface area contributed by atoms with Gasteiger partial charge in [-0.25, -0.2) is 0 Å². The fourth-order valence-corrected chi connectivity index (χ4v) is 2.81. The van der Waals surface area contributed by atoms with Gasteiger partial charge in [-0.3, -0.25) is 4.57 Å². The minimum Gasteiger partial charge on any atom is -0.382 e. The SMILES string of the molecule is c1cc(NC(C2CC2)C2CC2)cc(-n2cnnc2)c1. The second kappa shape index (κ2) is 4.37. The van der Waals surface area contributed by atoms with E-state index in [-0.39, 0.29) is 0 Å². The molecular weight excluding hydrogens is 236 g/mol. The summed E-state index contributed by atoms with van der Waals surface area (Å²) in [6.45, 7) is 0. The second-order valence-electron chi connectivity index (χ2n) is 5.76. The van der Waals surface area contributed by atoms with Crippen LogP contribution in [0.5, 0.6) is 0 Å². The van der Waals surface area contributed by atoms with Crippen LogP contribution in [0.15, 0.2) is 36.9 Å². The summed E-state index contributed by atoms with van der Waals surface area (Å²) in [4.78, 5) is 0. The molecule has 0 spiro atoms. The molecule has 0 amide bonds. The van der Waals surface area contributed by atoms with Gasteiger partial charge in [-0.2, -0.15) is 0 Å². The summed E-state index contributed by atoms with van der Waals surface area (Å²) in [6, 6.07) is 9.20. The maximum atomic E-state index is 3.86. The van der Waals surface area contributed by atoms with E-state index >= 15 is 0 Å². The number of benzene rings is 1. The second-order valence-corrected chi connectivity index (χ2v) is 5.76. The van der Waals surface area contributed by atoms with Crippen LogP contribution in [0.2, 0.25) is 0 Å². The molecular formula is C15H18N4. The first kappa shape index (κ1) is 11.0. The molecule has 0 radical (unpaired) electrons. The highest BCUT2D eigenvalue weighted by molar-refractivity contribution is 5.52. The van der Waals surface area contributed by atoms with Gasteiger partial charge in [0, 0.05) is 11.7 Å².